The highest BCUT2D eigenvalue weighted by Crippen LogP contribution is 2.53. The Balaban J connectivity index is 1.62. The Labute approximate surface area is 79.9 Å². The molecule has 3 fully saturated rings. The molecule has 2 heteroatoms. The molecule has 3 rings (SSSR count). The van der Waals surface area contributed by atoms with Crippen LogP contribution in [-0.2, 0) is 0 Å². The molecule has 0 amide bonds. The SMILES string of the molecule is OCC1(N2CC3(CCC3)C2)CCC1. The Morgan fingerprint density at radius 2 is 1.62 bits per heavy atom. The Morgan fingerprint density at radius 1 is 1.00 bits per heavy atom. The largest absolute Gasteiger partial charge is 0.394 e. The van der Waals surface area contributed by atoms with Crippen molar-refractivity contribution in [3.63, 3.8) is 0 Å². The minimum Gasteiger partial charge on any atom is -0.394 e. The van der Waals surface area contributed by atoms with Crippen LogP contribution >= 0.6 is 0 Å². The third-order valence-electron chi connectivity index (χ3n) is 4.72. The number of nitrogens with zero attached hydrogens (tertiary/aromatic N) is 1. The molecule has 13 heavy (non-hydrogen) atoms. The maximum atomic E-state index is 9.39. The summed E-state index contributed by atoms with van der Waals surface area (Å²) in [6.07, 6.45) is 8.14. The van der Waals surface area contributed by atoms with Crippen LogP contribution in [0.25, 0.3) is 0 Å². The van der Waals surface area contributed by atoms with Crippen LogP contribution < -0.4 is 0 Å². The van der Waals surface area contributed by atoms with E-state index in [9.17, 15) is 5.11 Å². The average Bonchev–Trinajstić information content (AvgIpc) is 1.87. The summed E-state index contributed by atoms with van der Waals surface area (Å²) in [6.45, 7) is 2.96. The summed E-state index contributed by atoms with van der Waals surface area (Å²) in [5.74, 6) is 0. The van der Waals surface area contributed by atoms with Gasteiger partial charge in [-0.05, 0) is 37.5 Å². The lowest BCUT2D eigenvalue weighted by molar-refractivity contribution is -0.157. The first-order valence-electron chi connectivity index (χ1n) is 5.65. The van der Waals surface area contributed by atoms with Crippen molar-refractivity contribution in [2.24, 2.45) is 5.41 Å². The third-order valence-corrected chi connectivity index (χ3v) is 4.72. The first-order valence-corrected chi connectivity index (χ1v) is 5.65. The highest BCUT2D eigenvalue weighted by Gasteiger charge is 2.55. The molecular formula is C11H19NO. The van der Waals surface area contributed by atoms with Gasteiger partial charge in [0.1, 0.15) is 0 Å². The van der Waals surface area contributed by atoms with E-state index < -0.39 is 0 Å². The molecule has 3 aliphatic rings. The topological polar surface area (TPSA) is 23.5 Å². The molecule has 0 bridgehead atoms. The van der Waals surface area contributed by atoms with Crippen LogP contribution in [0.1, 0.15) is 38.5 Å². The molecule has 2 aliphatic carbocycles. The van der Waals surface area contributed by atoms with Gasteiger partial charge in [-0.15, -0.1) is 0 Å². The minimum absolute atomic E-state index is 0.237. The average molecular weight is 181 g/mol. The van der Waals surface area contributed by atoms with Gasteiger partial charge in [0, 0.05) is 18.6 Å². The van der Waals surface area contributed by atoms with E-state index in [0.717, 1.165) is 5.41 Å². The maximum absolute atomic E-state index is 9.39. The van der Waals surface area contributed by atoms with Gasteiger partial charge in [-0.3, -0.25) is 4.90 Å². The second kappa shape index (κ2) is 2.48. The van der Waals surface area contributed by atoms with E-state index in [-0.39, 0.29) is 5.54 Å². The van der Waals surface area contributed by atoms with Gasteiger partial charge in [-0.1, -0.05) is 6.42 Å². The van der Waals surface area contributed by atoms with E-state index in [1.165, 1.54) is 51.6 Å². The smallest absolute Gasteiger partial charge is 0.0615 e. The van der Waals surface area contributed by atoms with Gasteiger partial charge in [0.05, 0.1) is 6.61 Å². The number of aliphatic hydroxyl groups is 1. The van der Waals surface area contributed by atoms with Gasteiger partial charge in [-0.2, -0.15) is 0 Å². The van der Waals surface area contributed by atoms with Crippen LogP contribution in [0.2, 0.25) is 0 Å². The minimum atomic E-state index is 0.237. The molecule has 0 aromatic carbocycles. The summed E-state index contributed by atoms with van der Waals surface area (Å²) in [6, 6.07) is 0. The first-order chi connectivity index (χ1) is 6.29. The van der Waals surface area contributed by atoms with Crippen molar-refractivity contribution in [3.05, 3.63) is 0 Å². The third kappa shape index (κ3) is 0.962. The van der Waals surface area contributed by atoms with Crippen LogP contribution in [0.4, 0.5) is 0 Å². The fraction of sp³-hybridized carbons (Fsp3) is 1.00. The molecule has 74 valence electrons. The van der Waals surface area contributed by atoms with Crippen LogP contribution in [0.15, 0.2) is 0 Å². The predicted molar refractivity (Wildman–Crippen MR) is 51.5 cm³/mol. The van der Waals surface area contributed by atoms with Crippen LogP contribution in [-0.4, -0.2) is 35.2 Å². The van der Waals surface area contributed by atoms with Crippen LogP contribution in [0.3, 0.4) is 0 Å². The van der Waals surface area contributed by atoms with Gasteiger partial charge < -0.3 is 5.11 Å². The van der Waals surface area contributed by atoms with E-state index in [2.05, 4.69) is 4.90 Å². The Hall–Kier alpha value is -0.0800. The number of hydrogen-bond donors (Lipinski definition) is 1. The van der Waals surface area contributed by atoms with Crippen molar-refractivity contribution in [2.45, 2.75) is 44.1 Å². The van der Waals surface area contributed by atoms with Crippen molar-refractivity contribution in [1.82, 2.24) is 4.90 Å². The predicted octanol–water partition coefficient (Wildman–Crippen LogP) is 1.39. The van der Waals surface area contributed by atoms with Crippen molar-refractivity contribution in [2.75, 3.05) is 19.7 Å². The molecule has 2 saturated carbocycles. The van der Waals surface area contributed by atoms with Gasteiger partial charge >= 0.3 is 0 Å². The standard InChI is InChI=1S/C11H19NO/c13-9-11(5-2-6-11)12-7-10(8-12)3-1-4-10/h13H,1-9H2. The number of hydrogen-bond acceptors (Lipinski definition) is 2. The maximum Gasteiger partial charge on any atom is 0.0615 e. The lowest BCUT2D eigenvalue weighted by atomic mass is 9.60. The normalized spacial score (nSPS) is 34.8. The Kier molecular flexibility index (Phi) is 1.58. The Morgan fingerprint density at radius 3 is 1.92 bits per heavy atom. The highest BCUT2D eigenvalue weighted by atomic mass is 16.3. The van der Waals surface area contributed by atoms with Gasteiger partial charge in [0.15, 0.2) is 0 Å². The molecular weight excluding hydrogens is 162 g/mol. The zero-order valence-electron chi connectivity index (χ0n) is 8.26. The molecule has 0 unspecified atom stereocenters. The zero-order valence-corrected chi connectivity index (χ0v) is 8.26. The quantitative estimate of drug-likeness (QED) is 0.696. The van der Waals surface area contributed by atoms with Crippen molar-refractivity contribution >= 4 is 0 Å². The molecule has 1 saturated heterocycles. The monoisotopic (exact) mass is 181 g/mol. The van der Waals surface area contributed by atoms with Crippen LogP contribution in [0, 0.1) is 5.41 Å². The number of rotatable bonds is 2. The molecule has 1 spiro atoms. The molecule has 0 aromatic rings. The summed E-state index contributed by atoms with van der Waals surface area (Å²) < 4.78 is 0. The van der Waals surface area contributed by atoms with Crippen LogP contribution in [0.5, 0.6) is 0 Å². The fourth-order valence-electron chi connectivity index (χ4n) is 3.25. The lowest BCUT2D eigenvalue weighted by Crippen LogP contribution is -2.70. The second-order valence-electron chi connectivity index (χ2n) is 5.45. The second-order valence-corrected chi connectivity index (χ2v) is 5.45. The molecule has 1 N–H and O–H groups in total. The fourth-order valence-corrected chi connectivity index (χ4v) is 3.25. The van der Waals surface area contributed by atoms with E-state index >= 15 is 0 Å². The molecule has 1 aliphatic heterocycles. The van der Waals surface area contributed by atoms with Crippen molar-refractivity contribution in [1.29, 1.82) is 0 Å². The summed E-state index contributed by atoms with van der Waals surface area (Å²) in [7, 11) is 0. The summed E-state index contributed by atoms with van der Waals surface area (Å²) in [5, 5.41) is 9.39. The molecule has 0 atom stereocenters. The van der Waals surface area contributed by atoms with E-state index in [1.807, 2.05) is 0 Å². The Bertz CT molecular complexity index is 205. The van der Waals surface area contributed by atoms with Gasteiger partial charge in [0.25, 0.3) is 0 Å². The lowest BCUT2D eigenvalue weighted by Gasteiger charge is -2.64. The first kappa shape index (κ1) is 8.25. The molecule has 1 heterocycles. The van der Waals surface area contributed by atoms with E-state index in [1.54, 1.807) is 0 Å². The van der Waals surface area contributed by atoms with Gasteiger partial charge in [0.2, 0.25) is 0 Å². The summed E-state index contributed by atoms with van der Waals surface area (Å²) in [4.78, 5) is 2.55. The number of aliphatic hydroxyl groups excluding tert-OH is 1. The van der Waals surface area contributed by atoms with Crippen molar-refractivity contribution in [3.8, 4) is 0 Å². The van der Waals surface area contributed by atoms with E-state index in [0.29, 0.717) is 6.61 Å². The number of likely N-dealkylation sites (tertiary alicyclic amines) is 1. The van der Waals surface area contributed by atoms with Crippen molar-refractivity contribution < 1.29 is 5.11 Å². The highest BCUT2D eigenvalue weighted by molar-refractivity contribution is 5.09. The summed E-state index contributed by atoms with van der Waals surface area (Å²) >= 11 is 0. The van der Waals surface area contributed by atoms with E-state index in [4.69, 9.17) is 0 Å². The summed E-state index contributed by atoms with van der Waals surface area (Å²) in [5.41, 5.74) is 0.957. The van der Waals surface area contributed by atoms with Gasteiger partial charge in [-0.25, -0.2) is 0 Å². The molecule has 0 radical (unpaired) electrons. The molecule has 2 nitrogen and oxygen atoms in total. The zero-order chi connectivity index (χ0) is 8.94. The molecule has 0 aromatic heterocycles.